The van der Waals surface area contributed by atoms with Gasteiger partial charge in [0, 0.05) is 25.3 Å². The van der Waals surface area contributed by atoms with E-state index in [4.69, 9.17) is 5.11 Å². The molecule has 3 atom stereocenters. The smallest absolute Gasteiger partial charge is 0.151 e. The summed E-state index contributed by atoms with van der Waals surface area (Å²) < 4.78 is 0. The van der Waals surface area contributed by atoms with Crippen LogP contribution in [0.3, 0.4) is 0 Å². The predicted octanol–water partition coefficient (Wildman–Crippen LogP) is 0.877. The molecule has 0 bridgehead atoms. The number of aryl methyl sites for hydroxylation is 1. The van der Waals surface area contributed by atoms with Crippen LogP contribution in [0.1, 0.15) is 16.1 Å². The van der Waals surface area contributed by atoms with Crippen LogP contribution in [0.15, 0.2) is 12.1 Å². The summed E-state index contributed by atoms with van der Waals surface area (Å²) in [4.78, 5) is 17.4. The summed E-state index contributed by atoms with van der Waals surface area (Å²) in [7, 11) is 0. The van der Waals surface area contributed by atoms with Gasteiger partial charge in [-0.05, 0) is 36.8 Å². The number of aldehydes is 1. The largest absolute Gasteiger partial charge is 0.396 e. The van der Waals surface area contributed by atoms with Gasteiger partial charge in [-0.3, -0.25) is 4.79 Å². The van der Waals surface area contributed by atoms with Gasteiger partial charge in [-0.2, -0.15) is 0 Å². The second kappa shape index (κ2) is 3.81. The molecule has 4 heteroatoms. The van der Waals surface area contributed by atoms with Crippen molar-refractivity contribution >= 4 is 12.1 Å². The van der Waals surface area contributed by atoms with Gasteiger partial charge in [0.15, 0.2) is 6.29 Å². The van der Waals surface area contributed by atoms with Crippen LogP contribution in [0.25, 0.3) is 0 Å². The number of hydrogen-bond donors (Lipinski definition) is 1. The Morgan fingerprint density at radius 2 is 2.18 bits per heavy atom. The fourth-order valence-corrected chi connectivity index (χ4v) is 2.97. The fraction of sp³-hybridized carbons (Fsp3) is 0.538. The zero-order valence-corrected chi connectivity index (χ0v) is 9.84. The maximum atomic E-state index is 10.7. The summed E-state index contributed by atoms with van der Waals surface area (Å²) in [5.74, 6) is 2.76. The number of aliphatic hydroxyl groups is 1. The quantitative estimate of drug-likeness (QED) is 0.786. The third kappa shape index (κ3) is 1.63. The molecule has 2 aliphatic rings. The molecule has 4 nitrogen and oxygen atoms in total. The second-order valence-corrected chi connectivity index (χ2v) is 5.04. The van der Waals surface area contributed by atoms with Crippen LogP contribution >= 0.6 is 0 Å². The molecule has 1 saturated carbocycles. The van der Waals surface area contributed by atoms with Crippen molar-refractivity contribution in [3.63, 3.8) is 0 Å². The first kappa shape index (κ1) is 10.7. The average molecular weight is 232 g/mol. The molecular weight excluding hydrogens is 216 g/mol. The Morgan fingerprint density at radius 1 is 1.47 bits per heavy atom. The molecule has 1 aromatic rings. The van der Waals surface area contributed by atoms with Crippen LogP contribution in [0, 0.1) is 24.7 Å². The third-order valence-electron chi connectivity index (χ3n) is 4.15. The maximum Gasteiger partial charge on any atom is 0.151 e. The first-order valence-corrected chi connectivity index (χ1v) is 6.03. The Labute approximate surface area is 100 Å². The zero-order chi connectivity index (χ0) is 12.0. The monoisotopic (exact) mass is 232 g/mol. The van der Waals surface area contributed by atoms with Gasteiger partial charge < -0.3 is 10.0 Å². The van der Waals surface area contributed by atoms with Crippen molar-refractivity contribution in [3.8, 4) is 0 Å². The summed E-state index contributed by atoms with van der Waals surface area (Å²) in [6.45, 7) is 4.16. The summed E-state index contributed by atoms with van der Waals surface area (Å²) >= 11 is 0. The molecule has 90 valence electrons. The van der Waals surface area contributed by atoms with Crippen molar-refractivity contribution in [2.75, 3.05) is 24.6 Å². The van der Waals surface area contributed by atoms with Crippen LogP contribution in [-0.4, -0.2) is 36.1 Å². The van der Waals surface area contributed by atoms with E-state index in [9.17, 15) is 4.79 Å². The maximum absolute atomic E-state index is 10.7. The van der Waals surface area contributed by atoms with E-state index in [1.54, 1.807) is 0 Å². The van der Waals surface area contributed by atoms with E-state index >= 15 is 0 Å². The van der Waals surface area contributed by atoms with Gasteiger partial charge in [-0.1, -0.05) is 0 Å². The van der Waals surface area contributed by atoms with Crippen molar-refractivity contribution in [3.05, 3.63) is 23.4 Å². The lowest BCUT2D eigenvalue weighted by molar-refractivity contribution is 0.112. The van der Waals surface area contributed by atoms with Crippen LogP contribution < -0.4 is 4.90 Å². The number of rotatable bonds is 3. The zero-order valence-electron chi connectivity index (χ0n) is 9.84. The molecule has 1 N–H and O–H groups in total. The van der Waals surface area contributed by atoms with Gasteiger partial charge in [0.05, 0.1) is 5.69 Å². The summed E-state index contributed by atoms with van der Waals surface area (Å²) in [5.41, 5.74) is 1.45. The Balaban J connectivity index is 1.75. The average Bonchev–Trinajstić information content (AvgIpc) is 2.81. The number of hydrogen-bond acceptors (Lipinski definition) is 4. The van der Waals surface area contributed by atoms with E-state index in [1.807, 2.05) is 19.1 Å². The Bertz CT molecular complexity index is 449. The highest BCUT2D eigenvalue weighted by Crippen LogP contribution is 2.51. The number of nitrogens with zero attached hydrogens (tertiary/aromatic N) is 2. The lowest BCUT2D eigenvalue weighted by Gasteiger charge is -2.21. The lowest BCUT2D eigenvalue weighted by Crippen LogP contribution is -2.25. The van der Waals surface area contributed by atoms with Crippen LogP contribution in [0.2, 0.25) is 0 Å². The highest BCUT2D eigenvalue weighted by Gasteiger charge is 2.55. The van der Waals surface area contributed by atoms with Gasteiger partial charge in [0.1, 0.15) is 5.82 Å². The van der Waals surface area contributed by atoms with E-state index in [1.165, 1.54) is 0 Å². The molecular formula is C13H16N2O2. The minimum Gasteiger partial charge on any atom is -0.396 e. The predicted molar refractivity (Wildman–Crippen MR) is 64.1 cm³/mol. The highest BCUT2D eigenvalue weighted by atomic mass is 16.3. The number of carbonyl (C=O) groups is 1. The standard InChI is InChI=1S/C13H16N2O2/c1-8-9(6-16)2-3-13(14-8)15-4-10-11(5-15)12(10)7-17/h2-3,6,10-12,17H,4-5,7H2,1H3/t10-,11+,12?. The fourth-order valence-electron chi connectivity index (χ4n) is 2.97. The third-order valence-corrected chi connectivity index (χ3v) is 4.15. The van der Waals surface area contributed by atoms with Crippen molar-refractivity contribution in [1.29, 1.82) is 0 Å². The molecule has 0 amide bonds. The molecule has 1 aliphatic heterocycles. The van der Waals surface area contributed by atoms with Gasteiger partial charge in [0.25, 0.3) is 0 Å². The molecule has 17 heavy (non-hydrogen) atoms. The normalized spacial score (nSPS) is 30.2. The number of carbonyl (C=O) groups excluding carboxylic acids is 1. The lowest BCUT2D eigenvalue weighted by atomic mass is 10.2. The number of anilines is 1. The van der Waals surface area contributed by atoms with E-state index in [2.05, 4.69) is 9.88 Å². The molecule has 2 fully saturated rings. The molecule has 1 saturated heterocycles. The SMILES string of the molecule is Cc1nc(N2C[C@@H]3C(CO)[C@@H]3C2)ccc1C=O. The summed E-state index contributed by atoms with van der Waals surface area (Å²) in [6.07, 6.45) is 0.843. The molecule has 0 radical (unpaired) electrons. The minimum atomic E-state index is 0.319. The molecule has 1 aliphatic carbocycles. The summed E-state index contributed by atoms with van der Waals surface area (Å²) in [5, 5.41) is 9.11. The number of pyridine rings is 1. The van der Waals surface area contributed by atoms with Gasteiger partial charge in [0.2, 0.25) is 0 Å². The van der Waals surface area contributed by atoms with Gasteiger partial charge in [-0.15, -0.1) is 0 Å². The number of aliphatic hydroxyl groups excluding tert-OH is 1. The van der Waals surface area contributed by atoms with Crippen LogP contribution in [-0.2, 0) is 0 Å². The van der Waals surface area contributed by atoms with Crippen LogP contribution in [0.5, 0.6) is 0 Å². The first-order valence-electron chi connectivity index (χ1n) is 6.03. The van der Waals surface area contributed by atoms with Crippen molar-refractivity contribution in [2.45, 2.75) is 6.92 Å². The highest BCUT2D eigenvalue weighted by molar-refractivity contribution is 5.76. The molecule has 2 heterocycles. The molecule has 0 aromatic carbocycles. The van der Waals surface area contributed by atoms with Crippen molar-refractivity contribution in [2.24, 2.45) is 17.8 Å². The van der Waals surface area contributed by atoms with Crippen molar-refractivity contribution in [1.82, 2.24) is 4.98 Å². The van der Waals surface area contributed by atoms with E-state index in [0.717, 1.165) is 30.9 Å². The molecule has 1 unspecified atom stereocenters. The van der Waals surface area contributed by atoms with E-state index in [0.29, 0.717) is 29.9 Å². The Morgan fingerprint density at radius 3 is 2.71 bits per heavy atom. The van der Waals surface area contributed by atoms with E-state index in [-0.39, 0.29) is 0 Å². The molecule has 3 rings (SSSR count). The molecule has 1 aromatic heterocycles. The van der Waals surface area contributed by atoms with Gasteiger partial charge in [-0.25, -0.2) is 4.98 Å². The Hall–Kier alpha value is -1.42. The number of piperidine rings is 1. The number of fused-ring (bicyclic) bond motifs is 1. The number of aromatic nitrogens is 1. The minimum absolute atomic E-state index is 0.319. The van der Waals surface area contributed by atoms with Crippen molar-refractivity contribution < 1.29 is 9.90 Å². The topological polar surface area (TPSA) is 53.4 Å². The van der Waals surface area contributed by atoms with E-state index < -0.39 is 0 Å². The van der Waals surface area contributed by atoms with Crippen LogP contribution in [0.4, 0.5) is 5.82 Å². The van der Waals surface area contributed by atoms with Gasteiger partial charge >= 0.3 is 0 Å². The first-order chi connectivity index (χ1) is 8.24. The summed E-state index contributed by atoms with van der Waals surface area (Å²) in [6, 6.07) is 3.74. The molecule has 0 spiro atoms. The second-order valence-electron chi connectivity index (χ2n) is 5.04. The Kier molecular flexibility index (Phi) is 2.40.